The highest BCUT2D eigenvalue weighted by molar-refractivity contribution is 6.06. The second-order valence-corrected chi connectivity index (χ2v) is 5.45. The summed E-state index contributed by atoms with van der Waals surface area (Å²) in [6, 6.07) is 4.59. The van der Waals surface area contributed by atoms with Crippen molar-refractivity contribution in [3.05, 3.63) is 28.8 Å². The van der Waals surface area contributed by atoms with Gasteiger partial charge in [-0.1, -0.05) is 0 Å². The molecule has 118 valence electrons. The summed E-state index contributed by atoms with van der Waals surface area (Å²) in [5.74, 6) is -0.618. The summed E-state index contributed by atoms with van der Waals surface area (Å²) in [5.41, 5.74) is 1.23. The highest BCUT2D eigenvalue weighted by Crippen LogP contribution is 2.32. The minimum Gasteiger partial charge on any atom is -0.494 e. The van der Waals surface area contributed by atoms with Crippen LogP contribution >= 0.6 is 0 Å². The molecule has 7 nitrogen and oxygen atoms in total. The first-order valence-electron chi connectivity index (χ1n) is 7.39. The van der Waals surface area contributed by atoms with Gasteiger partial charge in [-0.25, -0.2) is 0 Å². The van der Waals surface area contributed by atoms with Crippen molar-refractivity contribution >= 4 is 17.7 Å². The summed E-state index contributed by atoms with van der Waals surface area (Å²) in [4.78, 5) is 37.3. The Kier molecular flexibility index (Phi) is 3.74. The van der Waals surface area contributed by atoms with Gasteiger partial charge in [0.05, 0.1) is 17.7 Å². The van der Waals surface area contributed by atoms with Crippen LogP contribution in [0.5, 0.6) is 5.75 Å². The van der Waals surface area contributed by atoms with Crippen LogP contribution in [0.15, 0.2) is 12.1 Å². The molecule has 23 heavy (non-hydrogen) atoms. The van der Waals surface area contributed by atoms with Gasteiger partial charge in [-0.2, -0.15) is 5.26 Å². The Morgan fingerprint density at radius 3 is 2.83 bits per heavy atom. The Morgan fingerprint density at radius 1 is 1.39 bits per heavy atom. The molecule has 1 atom stereocenters. The number of fused-ring (bicyclic) bond motifs is 1. The smallest absolute Gasteiger partial charge is 0.256 e. The number of rotatable bonds is 3. The van der Waals surface area contributed by atoms with Crippen molar-refractivity contribution in [2.24, 2.45) is 0 Å². The molecule has 7 heteroatoms. The number of nitrogens with one attached hydrogen (secondary N) is 1. The molecule has 1 saturated heterocycles. The van der Waals surface area contributed by atoms with Crippen molar-refractivity contribution in [3.63, 3.8) is 0 Å². The maximum atomic E-state index is 12.6. The van der Waals surface area contributed by atoms with Gasteiger partial charge in [-0.05, 0) is 31.0 Å². The van der Waals surface area contributed by atoms with E-state index >= 15 is 0 Å². The van der Waals surface area contributed by atoms with Gasteiger partial charge in [0.1, 0.15) is 17.9 Å². The third-order valence-corrected chi connectivity index (χ3v) is 4.03. The van der Waals surface area contributed by atoms with Gasteiger partial charge in [-0.15, -0.1) is 0 Å². The Morgan fingerprint density at radius 2 is 2.17 bits per heavy atom. The molecule has 2 heterocycles. The maximum absolute atomic E-state index is 12.6. The summed E-state index contributed by atoms with van der Waals surface area (Å²) < 4.78 is 5.42. The standard InChI is InChI=1S/C16H15N3O4/c1-2-23-11-5-9(7-17)14-10(6-11)8-19(16(14)22)12-3-4-13(20)18-15(12)21/h5-6,12H,2-4,8H2,1H3,(H,18,20,21). The molecular formula is C16H15N3O4. The topological polar surface area (TPSA) is 99.5 Å². The van der Waals surface area contributed by atoms with Crippen molar-refractivity contribution in [1.82, 2.24) is 10.2 Å². The molecule has 0 bridgehead atoms. The number of carbonyl (C=O) groups is 3. The summed E-state index contributed by atoms with van der Waals surface area (Å²) in [5, 5.41) is 11.5. The third-order valence-electron chi connectivity index (χ3n) is 4.03. The highest BCUT2D eigenvalue weighted by Gasteiger charge is 2.40. The predicted molar refractivity (Wildman–Crippen MR) is 78.4 cm³/mol. The van der Waals surface area contributed by atoms with Crippen molar-refractivity contribution in [2.75, 3.05) is 6.61 Å². The van der Waals surface area contributed by atoms with Gasteiger partial charge >= 0.3 is 0 Å². The lowest BCUT2D eigenvalue weighted by molar-refractivity contribution is -0.136. The summed E-state index contributed by atoms with van der Waals surface area (Å²) in [7, 11) is 0. The van der Waals surface area contributed by atoms with E-state index in [-0.39, 0.29) is 30.3 Å². The van der Waals surface area contributed by atoms with Crippen LogP contribution in [0.2, 0.25) is 0 Å². The van der Waals surface area contributed by atoms with Gasteiger partial charge in [0.2, 0.25) is 11.8 Å². The molecule has 2 aliphatic heterocycles. The number of amides is 3. The van der Waals surface area contributed by atoms with E-state index in [1.165, 1.54) is 11.0 Å². The molecule has 0 spiro atoms. The van der Waals surface area contributed by atoms with Crippen LogP contribution in [-0.4, -0.2) is 35.3 Å². The fourth-order valence-corrected chi connectivity index (χ4v) is 3.02. The first-order valence-corrected chi connectivity index (χ1v) is 7.39. The molecular weight excluding hydrogens is 298 g/mol. The summed E-state index contributed by atoms with van der Waals surface area (Å²) >= 11 is 0. The number of hydrogen-bond donors (Lipinski definition) is 1. The largest absolute Gasteiger partial charge is 0.494 e. The molecule has 0 aromatic heterocycles. The van der Waals surface area contributed by atoms with Crippen LogP contribution in [0.3, 0.4) is 0 Å². The second kappa shape index (κ2) is 5.72. The van der Waals surface area contributed by atoms with E-state index in [4.69, 9.17) is 4.74 Å². The maximum Gasteiger partial charge on any atom is 0.256 e. The second-order valence-electron chi connectivity index (χ2n) is 5.45. The minimum absolute atomic E-state index is 0.200. The van der Waals surface area contributed by atoms with Crippen LogP contribution in [0.25, 0.3) is 0 Å². The van der Waals surface area contributed by atoms with Crippen molar-refractivity contribution in [2.45, 2.75) is 32.4 Å². The number of piperidine rings is 1. The first kappa shape index (κ1) is 15.0. The molecule has 3 amide bonds. The molecule has 1 unspecified atom stereocenters. The molecule has 2 aliphatic rings. The number of hydrogen-bond acceptors (Lipinski definition) is 5. The van der Waals surface area contributed by atoms with Crippen LogP contribution in [0.4, 0.5) is 0 Å². The SMILES string of the molecule is CCOc1cc(C#N)c2c(c1)CN(C1CCC(=O)NC1=O)C2=O. The van der Waals surface area contributed by atoms with Crippen molar-refractivity contribution in [3.8, 4) is 11.8 Å². The summed E-state index contributed by atoms with van der Waals surface area (Å²) in [6.07, 6.45) is 0.496. The zero-order chi connectivity index (χ0) is 16.6. The monoisotopic (exact) mass is 313 g/mol. The average molecular weight is 313 g/mol. The van der Waals surface area contributed by atoms with E-state index in [0.717, 1.165) is 0 Å². The lowest BCUT2D eigenvalue weighted by Gasteiger charge is -2.29. The quantitative estimate of drug-likeness (QED) is 0.829. The van der Waals surface area contributed by atoms with Gasteiger partial charge in [0, 0.05) is 13.0 Å². The molecule has 1 aromatic rings. The predicted octanol–water partition coefficient (Wildman–Crippen LogP) is 0.718. The van der Waals surface area contributed by atoms with Crippen LogP contribution < -0.4 is 10.1 Å². The first-order chi connectivity index (χ1) is 11.0. The van der Waals surface area contributed by atoms with E-state index in [1.54, 1.807) is 6.07 Å². The van der Waals surface area contributed by atoms with E-state index in [9.17, 15) is 19.6 Å². The normalized spacial score (nSPS) is 20.1. The molecule has 3 rings (SSSR count). The van der Waals surface area contributed by atoms with Crippen LogP contribution in [-0.2, 0) is 16.1 Å². The van der Waals surface area contributed by atoms with Gasteiger partial charge in [-0.3, -0.25) is 19.7 Å². The number of imide groups is 1. The Labute approximate surface area is 132 Å². The fraction of sp³-hybridized carbons (Fsp3) is 0.375. The molecule has 0 radical (unpaired) electrons. The third kappa shape index (κ3) is 2.52. The van der Waals surface area contributed by atoms with Gasteiger partial charge in [0.25, 0.3) is 5.91 Å². The molecule has 1 fully saturated rings. The fourth-order valence-electron chi connectivity index (χ4n) is 3.02. The molecule has 1 aromatic carbocycles. The Balaban J connectivity index is 1.94. The summed E-state index contributed by atoms with van der Waals surface area (Å²) in [6.45, 7) is 2.52. The van der Waals surface area contributed by atoms with Crippen molar-refractivity contribution < 1.29 is 19.1 Å². The molecule has 0 aliphatic carbocycles. The minimum atomic E-state index is -0.685. The van der Waals surface area contributed by atoms with Crippen molar-refractivity contribution in [1.29, 1.82) is 5.26 Å². The lowest BCUT2D eigenvalue weighted by Crippen LogP contribution is -2.52. The number of nitrogens with zero attached hydrogens (tertiary/aromatic N) is 2. The number of benzene rings is 1. The zero-order valence-corrected chi connectivity index (χ0v) is 12.6. The zero-order valence-electron chi connectivity index (χ0n) is 12.6. The van der Waals surface area contributed by atoms with Gasteiger partial charge in [0.15, 0.2) is 0 Å². The van der Waals surface area contributed by atoms with Crippen LogP contribution in [0.1, 0.15) is 41.3 Å². The highest BCUT2D eigenvalue weighted by atomic mass is 16.5. The van der Waals surface area contributed by atoms with E-state index in [2.05, 4.69) is 5.32 Å². The van der Waals surface area contributed by atoms with E-state index < -0.39 is 11.9 Å². The van der Waals surface area contributed by atoms with Crippen LogP contribution in [0, 0.1) is 11.3 Å². The number of ether oxygens (including phenoxy) is 1. The number of nitriles is 1. The van der Waals surface area contributed by atoms with E-state index in [1.807, 2.05) is 13.0 Å². The average Bonchev–Trinajstić information content (AvgIpc) is 2.84. The molecule has 1 N–H and O–H groups in total. The Hall–Kier alpha value is -2.88. The Bertz CT molecular complexity index is 750. The number of carbonyl (C=O) groups excluding carboxylic acids is 3. The molecule has 0 saturated carbocycles. The lowest BCUT2D eigenvalue weighted by atomic mass is 10.0. The van der Waals surface area contributed by atoms with Gasteiger partial charge < -0.3 is 9.64 Å². The van der Waals surface area contributed by atoms with E-state index in [0.29, 0.717) is 29.9 Å².